The lowest BCUT2D eigenvalue weighted by atomic mass is 9.82. The van der Waals surface area contributed by atoms with Gasteiger partial charge in [-0.05, 0) is 25.3 Å². The van der Waals surface area contributed by atoms with E-state index in [4.69, 9.17) is 0 Å². The van der Waals surface area contributed by atoms with Crippen LogP contribution in [0.1, 0.15) is 6.42 Å². The van der Waals surface area contributed by atoms with Gasteiger partial charge in [-0.3, -0.25) is 9.59 Å². The van der Waals surface area contributed by atoms with Crippen LogP contribution in [-0.4, -0.2) is 44.7 Å². The number of nitrogens with one attached hydrogen (secondary N) is 2. The summed E-state index contributed by atoms with van der Waals surface area (Å²) in [5, 5.41) is 11.8. The zero-order valence-corrected chi connectivity index (χ0v) is 11.9. The van der Waals surface area contributed by atoms with E-state index in [1.165, 1.54) is 7.05 Å². The summed E-state index contributed by atoms with van der Waals surface area (Å²) < 4.78 is 24.6. The minimum absolute atomic E-state index is 0.0219. The van der Waals surface area contributed by atoms with Crippen LogP contribution in [0.4, 0.5) is 0 Å². The second-order valence-corrected chi connectivity index (χ2v) is 7.20. The van der Waals surface area contributed by atoms with Gasteiger partial charge < -0.3 is 10.4 Å². The molecular weight excluding hydrogens is 284 g/mol. The maximum Gasteiger partial charge on any atom is 0.307 e. The number of rotatable bonds is 6. The molecule has 4 unspecified atom stereocenters. The van der Waals surface area contributed by atoms with Crippen molar-refractivity contribution in [3.05, 3.63) is 12.2 Å². The molecule has 20 heavy (non-hydrogen) atoms. The first kappa shape index (κ1) is 15.0. The number of hydrogen-bond acceptors (Lipinski definition) is 4. The number of carbonyl (C=O) groups is 2. The molecule has 7 nitrogen and oxygen atoms in total. The molecule has 2 bridgehead atoms. The summed E-state index contributed by atoms with van der Waals surface area (Å²) in [6.45, 7) is -0.0219. The van der Waals surface area contributed by atoms with Gasteiger partial charge >= 0.3 is 5.97 Å². The maximum atomic E-state index is 12.1. The molecule has 2 aliphatic rings. The lowest BCUT2D eigenvalue weighted by molar-refractivity contribution is -0.147. The van der Waals surface area contributed by atoms with Gasteiger partial charge in [0.1, 0.15) is 0 Å². The molecule has 3 N–H and O–H groups in total. The fraction of sp³-hybridized carbons (Fsp3) is 0.667. The first-order chi connectivity index (χ1) is 9.35. The van der Waals surface area contributed by atoms with Crippen molar-refractivity contribution in [1.82, 2.24) is 10.0 Å². The highest BCUT2D eigenvalue weighted by Crippen LogP contribution is 2.48. The highest BCUT2D eigenvalue weighted by Gasteiger charge is 2.51. The standard InChI is InChI=1S/C12H18N2O5S/c1-13-20(18,19)5-4-14-11(15)9-7-2-3-8(6-7)10(9)12(16)17/h2-3,7-10,13H,4-6H2,1H3,(H,14,15)(H,16,17). The Labute approximate surface area is 117 Å². The topological polar surface area (TPSA) is 113 Å². The van der Waals surface area contributed by atoms with Gasteiger partial charge in [-0.15, -0.1) is 0 Å². The number of allylic oxidation sites excluding steroid dienone is 2. The van der Waals surface area contributed by atoms with Crippen LogP contribution in [0.5, 0.6) is 0 Å². The van der Waals surface area contributed by atoms with Gasteiger partial charge in [-0.2, -0.15) is 0 Å². The van der Waals surface area contributed by atoms with Crippen LogP contribution in [0.25, 0.3) is 0 Å². The first-order valence-corrected chi connectivity index (χ1v) is 8.11. The minimum Gasteiger partial charge on any atom is -0.481 e. The van der Waals surface area contributed by atoms with Crippen LogP contribution in [0.3, 0.4) is 0 Å². The van der Waals surface area contributed by atoms with Crippen molar-refractivity contribution >= 4 is 21.9 Å². The first-order valence-electron chi connectivity index (χ1n) is 6.46. The number of carboxylic acids is 1. The Bertz CT molecular complexity index is 542. The summed E-state index contributed by atoms with van der Waals surface area (Å²) in [5.74, 6) is -3.00. The zero-order valence-electron chi connectivity index (χ0n) is 11.1. The predicted octanol–water partition coefficient (Wildman–Crippen LogP) is -0.825. The molecule has 2 rings (SSSR count). The Balaban J connectivity index is 1.95. The van der Waals surface area contributed by atoms with Crippen LogP contribution < -0.4 is 10.0 Å². The van der Waals surface area contributed by atoms with E-state index < -0.39 is 27.8 Å². The van der Waals surface area contributed by atoms with Crippen LogP contribution >= 0.6 is 0 Å². The molecule has 0 heterocycles. The van der Waals surface area contributed by atoms with E-state index >= 15 is 0 Å². The Morgan fingerprint density at radius 1 is 1.25 bits per heavy atom. The van der Waals surface area contributed by atoms with Gasteiger partial charge in [0, 0.05) is 6.54 Å². The van der Waals surface area contributed by atoms with Crippen molar-refractivity contribution in [2.75, 3.05) is 19.3 Å². The van der Waals surface area contributed by atoms with Gasteiger partial charge in [0.25, 0.3) is 0 Å². The Kier molecular flexibility index (Phi) is 4.14. The number of fused-ring (bicyclic) bond motifs is 2. The quantitative estimate of drug-likeness (QED) is 0.555. The van der Waals surface area contributed by atoms with E-state index in [2.05, 4.69) is 10.0 Å². The average molecular weight is 302 g/mol. The van der Waals surface area contributed by atoms with E-state index in [9.17, 15) is 23.1 Å². The molecule has 4 atom stereocenters. The maximum absolute atomic E-state index is 12.1. The lowest BCUT2D eigenvalue weighted by Gasteiger charge is -2.23. The van der Waals surface area contributed by atoms with Crippen LogP contribution in [0.2, 0.25) is 0 Å². The van der Waals surface area contributed by atoms with Crippen molar-refractivity contribution in [2.45, 2.75) is 6.42 Å². The van der Waals surface area contributed by atoms with E-state index in [-0.39, 0.29) is 30.0 Å². The van der Waals surface area contributed by atoms with Crippen LogP contribution in [0.15, 0.2) is 12.2 Å². The minimum atomic E-state index is -3.37. The van der Waals surface area contributed by atoms with Crippen LogP contribution in [0, 0.1) is 23.7 Å². The largest absolute Gasteiger partial charge is 0.481 e. The predicted molar refractivity (Wildman–Crippen MR) is 71.2 cm³/mol. The Morgan fingerprint density at radius 3 is 2.40 bits per heavy atom. The molecule has 0 aromatic heterocycles. The van der Waals surface area contributed by atoms with Gasteiger partial charge in [-0.25, -0.2) is 13.1 Å². The average Bonchev–Trinajstić information content (AvgIpc) is 2.98. The van der Waals surface area contributed by atoms with Crippen molar-refractivity contribution < 1.29 is 23.1 Å². The molecule has 1 amide bonds. The molecule has 1 fully saturated rings. The number of aliphatic carboxylic acids is 1. The van der Waals surface area contributed by atoms with Crippen molar-refractivity contribution in [1.29, 1.82) is 0 Å². The molecule has 0 radical (unpaired) electrons. The van der Waals surface area contributed by atoms with Gasteiger partial charge in [0.15, 0.2) is 0 Å². The molecule has 1 saturated carbocycles. The highest BCUT2D eigenvalue weighted by molar-refractivity contribution is 7.89. The molecule has 2 aliphatic carbocycles. The molecule has 0 spiro atoms. The fourth-order valence-corrected chi connectivity index (χ4v) is 3.62. The summed E-state index contributed by atoms with van der Waals surface area (Å²) >= 11 is 0. The third-order valence-electron chi connectivity index (χ3n) is 4.03. The third-order valence-corrected chi connectivity index (χ3v) is 5.39. The molecule has 0 aliphatic heterocycles. The molecule has 8 heteroatoms. The van der Waals surface area contributed by atoms with E-state index in [0.717, 1.165) is 0 Å². The van der Waals surface area contributed by atoms with Crippen molar-refractivity contribution in [3.8, 4) is 0 Å². The number of carbonyl (C=O) groups excluding carboxylic acids is 1. The summed E-state index contributed by atoms with van der Waals surface area (Å²) in [4.78, 5) is 23.4. The van der Waals surface area contributed by atoms with E-state index in [1.807, 2.05) is 12.2 Å². The summed E-state index contributed by atoms with van der Waals surface area (Å²) in [6, 6.07) is 0. The van der Waals surface area contributed by atoms with Gasteiger partial charge in [-0.1, -0.05) is 12.2 Å². The highest BCUT2D eigenvalue weighted by atomic mass is 32.2. The normalized spacial score (nSPS) is 31.4. The molecule has 0 aromatic carbocycles. The SMILES string of the molecule is CNS(=O)(=O)CCNC(=O)C1C2C=CC(C2)C1C(=O)O. The Morgan fingerprint density at radius 2 is 1.85 bits per heavy atom. The molecular formula is C12H18N2O5S. The number of sulfonamides is 1. The van der Waals surface area contributed by atoms with Crippen LogP contribution in [-0.2, 0) is 19.6 Å². The van der Waals surface area contributed by atoms with E-state index in [0.29, 0.717) is 6.42 Å². The second kappa shape index (κ2) is 5.53. The lowest BCUT2D eigenvalue weighted by Crippen LogP contribution is -2.42. The van der Waals surface area contributed by atoms with Crippen molar-refractivity contribution in [3.63, 3.8) is 0 Å². The number of carboxylic acid groups (broad SMARTS) is 1. The zero-order chi connectivity index (χ0) is 14.9. The van der Waals surface area contributed by atoms with Crippen molar-refractivity contribution in [2.24, 2.45) is 23.7 Å². The summed E-state index contributed by atoms with van der Waals surface area (Å²) in [7, 11) is -2.07. The smallest absolute Gasteiger partial charge is 0.307 e. The molecule has 0 aromatic rings. The molecule has 112 valence electrons. The van der Waals surface area contributed by atoms with Gasteiger partial charge in [0.2, 0.25) is 15.9 Å². The summed E-state index contributed by atoms with van der Waals surface area (Å²) in [5.41, 5.74) is 0. The summed E-state index contributed by atoms with van der Waals surface area (Å²) in [6.07, 6.45) is 4.43. The van der Waals surface area contributed by atoms with Gasteiger partial charge in [0.05, 0.1) is 17.6 Å². The number of hydrogen-bond donors (Lipinski definition) is 3. The number of amides is 1. The third kappa shape index (κ3) is 2.85. The Hall–Kier alpha value is -1.41. The molecule has 0 saturated heterocycles. The second-order valence-electron chi connectivity index (χ2n) is 5.15. The van der Waals surface area contributed by atoms with E-state index in [1.54, 1.807) is 0 Å². The fourth-order valence-electron chi connectivity index (χ4n) is 3.04. The monoisotopic (exact) mass is 302 g/mol.